The van der Waals surface area contributed by atoms with Gasteiger partial charge >= 0.3 is 0 Å². The number of nitrogens with one attached hydrogen (secondary N) is 2. The second-order valence-corrected chi connectivity index (χ2v) is 5.03. The number of hydrogen-bond donors (Lipinski definition) is 2. The highest BCUT2D eigenvalue weighted by Crippen LogP contribution is 2.24. The number of benzene rings is 1. The number of H-pyrrole nitrogens is 1. The highest BCUT2D eigenvalue weighted by Gasteiger charge is 2.13. The van der Waals surface area contributed by atoms with Crippen LogP contribution >= 0.6 is 0 Å². The lowest BCUT2D eigenvalue weighted by molar-refractivity contribution is 0.0956. The van der Waals surface area contributed by atoms with Gasteiger partial charge in [-0.2, -0.15) is 5.10 Å². The molecule has 0 fully saturated rings. The fourth-order valence-corrected chi connectivity index (χ4v) is 2.41. The summed E-state index contributed by atoms with van der Waals surface area (Å²) in [5, 5.41) is 10.7. The molecule has 0 aliphatic carbocycles. The summed E-state index contributed by atoms with van der Waals surface area (Å²) < 4.78 is 1.51. The van der Waals surface area contributed by atoms with Crippen molar-refractivity contribution in [3.63, 3.8) is 0 Å². The van der Waals surface area contributed by atoms with Crippen molar-refractivity contribution < 1.29 is 4.79 Å². The molecule has 0 aliphatic heterocycles. The van der Waals surface area contributed by atoms with Crippen LogP contribution in [0.2, 0.25) is 0 Å². The van der Waals surface area contributed by atoms with E-state index in [1.807, 2.05) is 13.0 Å². The zero-order valence-corrected chi connectivity index (χ0v) is 12.4. The van der Waals surface area contributed by atoms with Gasteiger partial charge in [-0.1, -0.05) is 0 Å². The summed E-state index contributed by atoms with van der Waals surface area (Å²) in [6, 6.07) is 8.84. The predicted octanol–water partition coefficient (Wildman–Crippen LogP) is 1.68. The highest BCUT2D eigenvalue weighted by molar-refractivity contribution is 6.00. The first-order valence-corrected chi connectivity index (χ1v) is 7.04. The summed E-state index contributed by atoms with van der Waals surface area (Å²) in [5.41, 5.74) is 2.31. The number of aromatic nitrogens is 3. The molecule has 1 amide bonds. The quantitative estimate of drug-likeness (QED) is 0.771. The van der Waals surface area contributed by atoms with Gasteiger partial charge in [0.1, 0.15) is 5.69 Å². The first-order chi connectivity index (χ1) is 10.6. The van der Waals surface area contributed by atoms with E-state index in [1.165, 1.54) is 4.57 Å². The molecule has 6 heteroatoms. The molecule has 0 unspecified atom stereocenters. The smallest absolute Gasteiger partial charge is 0.259 e. The topological polar surface area (TPSA) is 79.8 Å². The molecule has 0 atom stereocenters. The molecule has 3 aromatic rings. The number of hydrogen-bond acceptors (Lipinski definition) is 3. The Morgan fingerprint density at radius 2 is 2.18 bits per heavy atom. The second kappa shape index (κ2) is 5.48. The van der Waals surface area contributed by atoms with Crippen molar-refractivity contribution in [2.45, 2.75) is 6.92 Å². The number of rotatable bonds is 3. The summed E-state index contributed by atoms with van der Waals surface area (Å²) in [6.07, 6.45) is 1.70. The van der Waals surface area contributed by atoms with Crippen molar-refractivity contribution in [2.75, 3.05) is 6.54 Å². The maximum Gasteiger partial charge on any atom is 0.259 e. The van der Waals surface area contributed by atoms with Gasteiger partial charge in [0.05, 0.1) is 11.1 Å². The van der Waals surface area contributed by atoms with Gasteiger partial charge in [0.25, 0.3) is 11.5 Å². The van der Waals surface area contributed by atoms with Gasteiger partial charge in [-0.3, -0.25) is 14.7 Å². The summed E-state index contributed by atoms with van der Waals surface area (Å²) >= 11 is 0. The monoisotopic (exact) mass is 296 g/mol. The molecule has 22 heavy (non-hydrogen) atoms. The predicted molar refractivity (Wildman–Crippen MR) is 84.8 cm³/mol. The summed E-state index contributed by atoms with van der Waals surface area (Å²) in [4.78, 5) is 24.1. The van der Waals surface area contributed by atoms with E-state index in [4.69, 9.17) is 0 Å². The number of amides is 1. The number of nitrogens with zero attached hydrogens (tertiary/aromatic N) is 2. The van der Waals surface area contributed by atoms with Crippen LogP contribution in [0.4, 0.5) is 0 Å². The molecule has 0 radical (unpaired) electrons. The Bertz CT molecular complexity index is 908. The maximum atomic E-state index is 12.2. The van der Waals surface area contributed by atoms with Gasteiger partial charge in [-0.25, -0.2) is 0 Å². The molecule has 2 N–H and O–H groups in total. The SMILES string of the molecule is CCNC(=O)c1ccc2c(-c3cccn(C)c3=O)n[nH]c2c1. The number of fused-ring (bicyclic) bond motifs is 1. The third-order valence-corrected chi connectivity index (χ3v) is 3.54. The van der Waals surface area contributed by atoms with Crippen LogP contribution in [0.25, 0.3) is 22.2 Å². The molecule has 0 bridgehead atoms. The fraction of sp³-hybridized carbons (Fsp3) is 0.188. The average molecular weight is 296 g/mol. The minimum atomic E-state index is -0.129. The van der Waals surface area contributed by atoms with Crippen molar-refractivity contribution in [3.8, 4) is 11.3 Å². The minimum absolute atomic E-state index is 0.108. The summed E-state index contributed by atoms with van der Waals surface area (Å²) in [6.45, 7) is 2.45. The minimum Gasteiger partial charge on any atom is -0.352 e. The zero-order chi connectivity index (χ0) is 15.7. The van der Waals surface area contributed by atoms with E-state index in [9.17, 15) is 9.59 Å². The molecule has 2 aromatic heterocycles. The van der Waals surface area contributed by atoms with E-state index in [-0.39, 0.29) is 11.5 Å². The van der Waals surface area contributed by atoms with Crippen molar-refractivity contribution >= 4 is 16.8 Å². The zero-order valence-electron chi connectivity index (χ0n) is 12.4. The average Bonchev–Trinajstić information content (AvgIpc) is 2.93. The van der Waals surface area contributed by atoms with Crippen molar-refractivity contribution in [3.05, 3.63) is 52.4 Å². The molecule has 0 spiro atoms. The summed E-state index contributed by atoms with van der Waals surface area (Å²) in [5.74, 6) is -0.129. The van der Waals surface area contributed by atoms with Crippen LogP contribution in [0.15, 0.2) is 41.3 Å². The third-order valence-electron chi connectivity index (χ3n) is 3.54. The number of pyridine rings is 1. The standard InChI is InChI=1S/C16H16N4O2/c1-3-17-15(21)10-6-7-11-13(9-10)18-19-14(11)12-5-4-8-20(2)16(12)22/h4-9H,3H2,1-2H3,(H,17,21)(H,18,19). The Balaban J connectivity index is 2.12. The Hall–Kier alpha value is -2.89. The third kappa shape index (κ3) is 2.28. The normalized spacial score (nSPS) is 10.8. The van der Waals surface area contributed by atoms with Crippen molar-refractivity contribution in [1.29, 1.82) is 0 Å². The van der Waals surface area contributed by atoms with Gasteiger partial charge in [0.2, 0.25) is 0 Å². The van der Waals surface area contributed by atoms with Crippen LogP contribution in [0.3, 0.4) is 0 Å². The Morgan fingerprint density at radius 1 is 1.36 bits per heavy atom. The molecule has 0 saturated heterocycles. The van der Waals surface area contributed by atoms with Gasteiger partial charge in [0, 0.05) is 30.7 Å². The molecule has 2 heterocycles. The first kappa shape index (κ1) is 14.1. The molecule has 0 aliphatic rings. The Morgan fingerprint density at radius 3 is 2.95 bits per heavy atom. The van der Waals surface area contributed by atoms with Crippen LogP contribution in [0, 0.1) is 0 Å². The highest BCUT2D eigenvalue weighted by atomic mass is 16.1. The summed E-state index contributed by atoms with van der Waals surface area (Å²) in [7, 11) is 1.70. The van der Waals surface area contributed by atoms with E-state index in [0.29, 0.717) is 23.4 Å². The van der Waals surface area contributed by atoms with E-state index < -0.39 is 0 Å². The lowest BCUT2D eigenvalue weighted by Crippen LogP contribution is -2.22. The van der Waals surface area contributed by atoms with Crippen LogP contribution < -0.4 is 10.9 Å². The van der Waals surface area contributed by atoms with Gasteiger partial charge in [-0.15, -0.1) is 0 Å². The number of carbonyl (C=O) groups is 1. The van der Waals surface area contributed by atoms with E-state index in [0.717, 1.165) is 10.9 Å². The molecule has 112 valence electrons. The Kier molecular flexibility index (Phi) is 3.50. The number of aromatic amines is 1. The van der Waals surface area contributed by atoms with Crippen molar-refractivity contribution in [2.24, 2.45) is 7.05 Å². The van der Waals surface area contributed by atoms with Crippen LogP contribution in [0.1, 0.15) is 17.3 Å². The lowest BCUT2D eigenvalue weighted by atomic mass is 10.1. The molecular weight excluding hydrogens is 280 g/mol. The van der Waals surface area contributed by atoms with E-state index >= 15 is 0 Å². The van der Waals surface area contributed by atoms with E-state index in [1.54, 1.807) is 37.5 Å². The number of carbonyl (C=O) groups excluding carboxylic acids is 1. The van der Waals surface area contributed by atoms with Gasteiger partial charge in [0.15, 0.2) is 0 Å². The number of aryl methyl sites for hydroxylation is 1. The molecule has 6 nitrogen and oxygen atoms in total. The van der Waals surface area contributed by atoms with Crippen LogP contribution in [-0.2, 0) is 7.05 Å². The maximum absolute atomic E-state index is 12.2. The van der Waals surface area contributed by atoms with Gasteiger partial charge in [-0.05, 0) is 37.3 Å². The van der Waals surface area contributed by atoms with Crippen molar-refractivity contribution in [1.82, 2.24) is 20.1 Å². The Labute approximate surface area is 126 Å². The lowest BCUT2D eigenvalue weighted by Gasteiger charge is -2.03. The van der Waals surface area contributed by atoms with E-state index in [2.05, 4.69) is 15.5 Å². The fourth-order valence-electron chi connectivity index (χ4n) is 2.41. The molecule has 1 aromatic carbocycles. The molecule has 0 saturated carbocycles. The first-order valence-electron chi connectivity index (χ1n) is 7.04. The largest absolute Gasteiger partial charge is 0.352 e. The second-order valence-electron chi connectivity index (χ2n) is 5.03. The molecule has 3 rings (SSSR count). The van der Waals surface area contributed by atoms with Crippen LogP contribution in [0.5, 0.6) is 0 Å². The van der Waals surface area contributed by atoms with Crippen LogP contribution in [-0.4, -0.2) is 27.2 Å². The molecular formula is C16H16N4O2. The van der Waals surface area contributed by atoms with Gasteiger partial charge < -0.3 is 9.88 Å².